The van der Waals surface area contributed by atoms with Gasteiger partial charge in [-0.05, 0) is 11.6 Å². The second-order valence-electron chi connectivity index (χ2n) is 2.09. The zero-order valence-electron chi connectivity index (χ0n) is 5.87. The molecule has 11 heavy (non-hydrogen) atoms. The summed E-state index contributed by atoms with van der Waals surface area (Å²) in [5, 5.41) is 8.57. The molecule has 0 aliphatic rings. The van der Waals surface area contributed by atoms with Crippen LogP contribution in [-0.4, -0.2) is 6.29 Å². The van der Waals surface area contributed by atoms with Crippen LogP contribution in [0.3, 0.4) is 0 Å². The van der Waals surface area contributed by atoms with E-state index in [0.717, 1.165) is 5.56 Å². The van der Waals surface area contributed by atoms with E-state index in [9.17, 15) is 4.79 Å². The SMILES string of the molecule is N#Cc1ccccc1C[C]=O. The summed E-state index contributed by atoms with van der Waals surface area (Å²) in [6, 6.07) is 9.01. The highest BCUT2D eigenvalue weighted by molar-refractivity contribution is 5.58. The number of benzene rings is 1. The van der Waals surface area contributed by atoms with E-state index < -0.39 is 0 Å². The van der Waals surface area contributed by atoms with E-state index in [1.54, 1.807) is 30.6 Å². The predicted octanol–water partition coefficient (Wildman–Crippen LogP) is 1.21. The first-order chi connectivity index (χ1) is 5.38. The van der Waals surface area contributed by atoms with Gasteiger partial charge in [-0.3, -0.25) is 4.79 Å². The standard InChI is InChI=1S/C9H6NO/c10-7-9-4-2-1-3-8(9)5-6-11/h1-4H,5H2. The van der Waals surface area contributed by atoms with Crippen LogP contribution in [0.1, 0.15) is 11.1 Å². The Morgan fingerprint density at radius 3 is 2.73 bits per heavy atom. The van der Waals surface area contributed by atoms with Crippen molar-refractivity contribution in [1.29, 1.82) is 5.26 Å². The van der Waals surface area contributed by atoms with Crippen LogP contribution < -0.4 is 0 Å². The molecule has 1 radical (unpaired) electrons. The van der Waals surface area contributed by atoms with Crippen molar-refractivity contribution >= 4 is 6.29 Å². The van der Waals surface area contributed by atoms with Gasteiger partial charge in [0, 0.05) is 6.42 Å². The summed E-state index contributed by atoms with van der Waals surface area (Å²) in [6.07, 6.45) is 1.96. The average Bonchev–Trinajstić information content (AvgIpc) is 2.06. The van der Waals surface area contributed by atoms with Gasteiger partial charge in [-0.1, -0.05) is 18.2 Å². The fourth-order valence-corrected chi connectivity index (χ4v) is 0.861. The number of nitriles is 1. The third-order valence-corrected chi connectivity index (χ3v) is 1.40. The highest BCUT2D eigenvalue weighted by Gasteiger charge is 1.98. The van der Waals surface area contributed by atoms with Crippen molar-refractivity contribution in [3.05, 3.63) is 35.4 Å². The molecule has 0 amide bonds. The highest BCUT2D eigenvalue weighted by Crippen LogP contribution is 2.06. The maximum absolute atomic E-state index is 10.0. The summed E-state index contributed by atoms with van der Waals surface area (Å²) in [5.74, 6) is 0. The van der Waals surface area contributed by atoms with E-state index in [-0.39, 0.29) is 6.42 Å². The van der Waals surface area contributed by atoms with Gasteiger partial charge in [0.1, 0.15) is 0 Å². The van der Waals surface area contributed by atoms with E-state index in [0.29, 0.717) is 5.56 Å². The van der Waals surface area contributed by atoms with Gasteiger partial charge in [0.05, 0.1) is 11.6 Å². The summed E-state index contributed by atoms with van der Waals surface area (Å²) in [6.45, 7) is 0. The first-order valence-electron chi connectivity index (χ1n) is 3.21. The van der Waals surface area contributed by atoms with Gasteiger partial charge in [-0.2, -0.15) is 5.26 Å². The van der Waals surface area contributed by atoms with E-state index in [4.69, 9.17) is 5.26 Å². The second-order valence-corrected chi connectivity index (χ2v) is 2.09. The molecular formula is C9H6NO. The summed E-state index contributed by atoms with van der Waals surface area (Å²) < 4.78 is 0. The van der Waals surface area contributed by atoms with Crippen LogP contribution in [0.5, 0.6) is 0 Å². The van der Waals surface area contributed by atoms with Crippen molar-refractivity contribution in [3.63, 3.8) is 0 Å². The first kappa shape index (κ1) is 7.49. The molecule has 0 unspecified atom stereocenters. The van der Waals surface area contributed by atoms with Gasteiger partial charge < -0.3 is 0 Å². The van der Waals surface area contributed by atoms with Crippen LogP contribution in [0.25, 0.3) is 0 Å². The van der Waals surface area contributed by atoms with Gasteiger partial charge in [-0.15, -0.1) is 0 Å². The fourth-order valence-electron chi connectivity index (χ4n) is 0.861. The molecule has 1 aromatic rings. The van der Waals surface area contributed by atoms with Crippen molar-refractivity contribution in [2.75, 3.05) is 0 Å². The van der Waals surface area contributed by atoms with Crippen molar-refractivity contribution < 1.29 is 4.79 Å². The number of nitrogens with zero attached hydrogens (tertiary/aromatic N) is 1. The van der Waals surface area contributed by atoms with E-state index in [2.05, 4.69) is 0 Å². The monoisotopic (exact) mass is 144 g/mol. The Hall–Kier alpha value is -1.62. The molecule has 0 N–H and O–H groups in total. The molecule has 0 aromatic heterocycles. The predicted molar refractivity (Wildman–Crippen MR) is 40.6 cm³/mol. The van der Waals surface area contributed by atoms with Gasteiger partial charge >= 0.3 is 0 Å². The van der Waals surface area contributed by atoms with Crippen molar-refractivity contribution in [1.82, 2.24) is 0 Å². The van der Waals surface area contributed by atoms with Crippen LogP contribution in [0.15, 0.2) is 24.3 Å². The molecular weight excluding hydrogens is 138 g/mol. The van der Waals surface area contributed by atoms with Crippen LogP contribution in [0.2, 0.25) is 0 Å². The molecule has 0 heterocycles. The lowest BCUT2D eigenvalue weighted by atomic mass is 10.1. The molecule has 0 fully saturated rings. The van der Waals surface area contributed by atoms with E-state index in [1.807, 2.05) is 6.07 Å². The normalized spacial score (nSPS) is 8.64. The van der Waals surface area contributed by atoms with Crippen LogP contribution in [0, 0.1) is 11.3 Å². The zero-order valence-corrected chi connectivity index (χ0v) is 5.87. The van der Waals surface area contributed by atoms with Crippen LogP contribution in [-0.2, 0) is 11.2 Å². The lowest BCUT2D eigenvalue weighted by Crippen LogP contribution is -1.89. The molecule has 0 atom stereocenters. The summed E-state index contributed by atoms with van der Waals surface area (Å²) in [7, 11) is 0. The molecule has 0 aliphatic carbocycles. The molecule has 0 bridgehead atoms. The molecule has 1 aromatic carbocycles. The second kappa shape index (κ2) is 3.52. The van der Waals surface area contributed by atoms with Gasteiger partial charge in [0.15, 0.2) is 0 Å². The topological polar surface area (TPSA) is 40.9 Å². The summed E-state index contributed by atoms with van der Waals surface area (Å²) in [4.78, 5) is 10.0. The van der Waals surface area contributed by atoms with E-state index in [1.165, 1.54) is 0 Å². The molecule has 0 aliphatic heterocycles. The minimum Gasteiger partial charge on any atom is -0.291 e. The third kappa shape index (κ3) is 1.65. The molecule has 0 spiro atoms. The van der Waals surface area contributed by atoms with Crippen LogP contribution >= 0.6 is 0 Å². The fraction of sp³-hybridized carbons (Fsp3) is 0.111. The number of rotatable bonds is 2. The summed E-state index contributed by atoms with van der Waals surface area (Å²) in [5.41, 5.74) is 1.29. The lowest BCUT2D eigenvalue weighted by Gasteiger charge is -1.95. The first-order valence-corrected chi connectivity index (χ1v) is 3.21. The maximum Gasteiger partial charge on any atom is 0.203 e. The molecule has 0 saturated carbocycles. The summed E-state index contributed by atoms with van der Waals surface area (Å²) >= 11 is 0. The van der Waals surface area contributed by atoms with Gasteiger partial charge in [0.2, 0.25) is 6.29 Å². The van der Waals surface area contributed by atoms with Crippen molar-refractivity contribution in [2.24, 2.45) is 0 Å². The quantitative estimate of drug-likeness (QED) is 0.626. The number of carbonyl (C=O) groups excluding carboxylic acids is 1. The zero-order chi connectivity index (χ0) is 8.10. The average molecular weight is 144 g/mol. The Labute approximate surface area is 65.1 Å². The van der Waals surface area contributed by atoms with Gasteiger partial charge in [0.25, 0.3) is 0 Å². The highest BCUT2D eigenvalue weighted by atomic mass is 16.1. The molecule has 0 saturated heterocycles. The lowest BCUT2D eigenvalue weighted by molar-refractivity contribution is 0.555. The third-order valence-electron chi connectivity index (χ3n) is 1.40. The Morgan fingerprint density at radius 1 is 1.36 bits per heavy atom. The Bertz CT molecular complexity index is 299. The molecule has 1 rings (SSSR count). The minimum absolute atomic E-state index is 0.198. The largest absolute Gasteiger partial charge is 0.291 e. The number of hydrogen-bond acceptors (Lipinski definition) is 2. The number of hydrogen-bond donors (Lipinski definition) is 0. The molecule has 53 valence electrons. The maximum atomic E-state index is 10.0. The van der Waals surface area contributed by atoms with Crippen LogP contribution in [0.4, 0.5) is 0 Å². The molecule has 2 heteroatoms. The Kier molecular flexibility index (Phi) is 2.40. The Balaban J connectivity index is 3.04. The van der Waals surface area contributed by atoms with Crippen molar-refractivity contribution in [3.8, 4) is 6.07 Å². The Morgan fingerprint density at radius 2 is 2.09 bits per heavy atom. The smallest absolute Gasteiger partial charge is 0.203 e. The van der Waals surface area contributed by atoms with E-state index >= 15 is 0 Å². The molecule has 2 nitrogen and oxygen atoms in total. The van der Waals surface area contributed by atoms with Crippen molar-refractivity contribution in [2.45, 2.75) is 6.42 Å². The minimum atomic E-state index is 0.198. The van der Waals surface area contributed by atoms with Gasteiger partial charge in [-0.25, -0.2) is 0 Å².